The van der Waals surface area contributed by atoms with Gasteiger partial charge in [0.15, 0.2) is 5.78 Å². The van der Waals surface area contributed by atoms with Crippen molar-refractivity contribution >= 4 is 17.7 Å². The maximum absolute atomic E-state index is 13.3. The minimum atomic E-state index is -1.28. The van der Waals surface area contributed by atoms with E-state index >= 15 is 0 Å². The number of pyridine rings is 1. The Morgan fingerprint density at radius 2 is 1.14 bits per heavy atom. The van der Waals surface area contributed by atoms with Gasteiger partial charge in [0.1, 0.15) is 34.0 Å². The number of carboxylic acids is 2. The Labute approximate surface area is 243 Å². The van der Waals surface area contributed by atoms with Gasteiger partial charge < -0.3 is 20.4 Å². The van der Waals surface area contributed by atoms with Crippen molar-refractivity contribution in [1.29, 1.82) is 0 Å². The number of benzene rings is 2. The molecule has 0 aliphatic heterocycles. The van der Waals surface area contributed by atoms with Crippen LogP contribution in [0.3, 0.4) is 0 Å². The van der Waals surface area contributed by atoms with Crippen molar-refractivity contribution in [2.45, 2.75) is 27.2 Å². The molecule has 5 aromatic rings. The van der Waals surface area contributed by atoms with Crippen LogP contribution in [0.1, 0.15) is 58.3 Å². The van der Waals surface area contributed by atoms with Gasteiger partial charge in [0.25, 0.3) is 0 Å². The van der Waals surface area contributed by atoms with Gasteiger partial charge >= 0.3 is 11.9 Å². The van der Waals surface area contributed by atoms with E-state index in [1.165, 1.54) is 58.2 Å². The Kier molecular flexibility index (Phi) is 7.19. The molecule has 4 N–H and O–H groups in total. The SMILES string of the molecule is CC(C)(C)CC(=O)c1cc(-c2cn(-c3ccc(C(=O)O)c(O)c3)nn2)nc(-c2cn(-c3ccc(C(=O)O)c(O)c3)nn2)c1. The standard InChI is InChI=1S/C29H25N7O7/c1-29(2,3)12-26(39)15-8-20(22-13-35(33-31-22)16-4-6-18(27(40)41)24(37)10-16)30-21(9-15)23-14-36(34-32-23)17-5-7-19(28(42)43)25(38)11-17/h4-11,13-14,37-38H,12H2,1-3H3,(H,40,41)(H,42,43). The third-order valence-electron chi connectivity index (χ3n) is 6.30. The molecule has 0 unspecified atom stereocenters. The van der Waals surface area contributed by atoms with E-state index in [9.17, 15) is 34.8 Å². The molecular weight excluding hydrogens is 558 g/mol. The average molecular weight is 584 g/mol. The van der Waals surface area contributed by atoms with Crippen LogP contribution in [-0.4, -0.2) is 73.1 Å². The molecule has 0 fully saturated rings. The number of carbonyl (C=O) groups excluding carboxylic acids is 1. The topological polar surface area (TPSA) is 206 Å². The molecule has 2 aromatic carbocycles. The van der Waals surface area contributed by atoms with E-state index in [1.54, 1.807) is 12.1 Å². The number of aromatic nitrogens is 7. The summed E-state index contributed by atoms with van der Waals surface area (Å²) in [7, 11) is 0. The van der Waals surface area contributed by atoms with Crippen LogP contribution in [0.2, 0.25) is 0 Å². The first kappa shape index (κ1) is 28.6. The summed E-state index contributed by atoms with van der Waals surface area (Å²) < 4.78 is 2.66. The molecule has 43 heavy (non-hydrogen) atoms. The van der Waals surface area contributed by atoms with E-state index in [0.717, 1.165) is 0 Å². The summed E-state index contributed by atoms with van der Waals surface area (Å²) in [6.45, 7) is 5.84. The first-order valence-corrected chi connectivity index (χ1v) is 12.8. The van der Waals surface area contributed by atoms with Crippen molar-refractivity contribution < 1.29 is 34.8 Å². The molecule has 0 spiro atoms. The van der Waals surface area contributed by atoms with E-state index in [1.807, 2.05) is 20.8 Å². The molecule has 14 nitrogen and oxygen atoms in total. The van der Waals surface area contributed by atoms with Crippen LogP contribution in [-0.2, 0) is 0 Å². The predicted octanol–water partition coefficient (Wildman–Crippen LogP) is 4.00. The van der Waals surface area contributed by atoms with Gasteiger partial charge in [-0.15, -0.1) is 10.2 Å². The lowest BCUT2D eigenvalue weighted by Crippen LogP contribution is -2.13. The number of aromatic hydroxyl groups is 2. The fourth-order valence-corrected chi connectivity index (χ4v) is 4.24. The number of nitrogens with zero attached hydrogens (tertiary/aromatic N) is 7. The Morgan fingerprint density at radius 1 is 0.698 bits per heavy atom. The fourth-order valence-electron chi connectivity index (χ4n) is 4.24. The largest absolute Gasteiger partial charge is 0.507 e. The molecule has 0 amide bonds. The number of carboxylic acid groups (broad SMARTS) is 2. The zero-order valence-corrected chi connectivity index (χ0v) is 23.1. The van der Waals surface area contributed by atoms with Crippen molar-refractivity contribution in [3.63, 3.8) is 0 Å². The number of carbonyl (C=O) groups is 3. The number of ketones is 1. The molecule has 218 valence electrons. The van der Waals surface area contributed by atoms with Gasteiger partial charge in [0.05, 0.1) is 35.2 Å². The van der Waals surface area contributed by atoms with Crippen molar-refractivity contribution in [1.82, 2.24) is 35.0 Å². The van der Waals surface area contributed by atoms with Gasteiger partial charge in [0.2, 0.25) is 0 Å². The second-order valence-corrected chi connectivity index (χ2v) is 10.9. The van der Waals surface area contributed by atoms with Crippen LogP contribution < -0.4 is 0 Å². The molecule has 0 radical (unpaired) electrons. The van der Waals surface area contributed by atoms with Crippen LogP contribution in [0.25, 0.3) is 34.2 Å². The zero-order valence-electron chi connectivity index (χ0n) is 23.1. The van der Waals surface area contributed by atoms with E-state index in [4.69, 9.17) is 0 Å². The first-order chi connectivity index (χ1) is 20.3. The third-order valence-corrected chi connectivity index (χ3v) is 6.30. The monoisotopic (exact) mass is 583 g/mol. The smallest absolute Gasteiger partial charge is 0.339 e. The highest BCUT2D eigenvalue weighted by Crippen LogP contribution is 2.29. The van der Waals surface area contributed by atoms with Crippen molar-refractivity contribution in [2.24, 2.45) is 5.41 Å². The Balaban J connectivity index is 1.55. The van der Waals surface area contributed by atoms with Gasteiger partial charge in [-0.2, -0.15) is 0 Å². The number of rotatable bonds is 8. The summed E-state index contributed by atoms with van der Waals surface area (Å²) in [4.78, 5) is 40.4. The molecule has 0 aliphatic rings. The number of hydrogen-bond acceptors (Lipinski definition) is 10. The second kappa shape index (κ2) is 10.8. The van der Waals surface area contributed by atoms with E-state index in [0.29, 0.717) is 28.3 Å². The highest BCUT2D eigenvalue weighted by Gasteiger charge is 2.21. The number of aromatic carboxylic acids is 2. The summed E-state index contributed by atoms with van der Waals surface area (Å²) in [5.74, 6) is -3.57. The van der Waals surface area contributed by atoms with E-state index in [-0.39, 0.29) is 40.1 Å². The third kappa shape index (κ3) is 6.07. The fraction of sp³-hybridized carbons (Fsp3) is 0.172. The number of phenols is 2. The molecule has 0 aliphatic carbocycles. The van der Waals surface area contributed by atoms with Gasteiger partial charge in [-0.3, -0.25) is 4.79 Å². The van der Waals surface area contributed by atoms with Gasteiger partial charge in [-0.25, -0.2) is 23.9 Å². The molecule has 0 bridgehead atoms. The Hall–Kier alpha value is -5.92. The molecular formula is C29H25N7O7. The normalized spacial score (nSPS) is 11.4. The predicted molar refractivity (Wildman–Crippen MR) is 151 cm³/mol. The lowest BCUT2D eigenvalue weighted by Gasteiger charge is -2.17. The maximum Gasteiger partial charge on any atom is 0.339 e. The van der Waals surface area contributed by atoms with Crippen molar-refractivity contribution in [3.05, 3.63) is 77.6 Å². The molecule has 0 saturated carbocycles. The van der Waals surface area contributed by atoms with Crippen LogP contribution >= 0.6 is 0 Å². The van der Waals surface area contributed by atoms with Gasteiger partial charge in [-0.1, -0.05) is 31.2 Å². The quantitative estimate of drug-likeness (QED) is 0.191. The highest BCUT2D eigenvalue weighted by molar-refractivity contribution is 5.98. The summed E-state index contributed by atoms with van der Waals surface area (Å²) in [6, 6.07) is 11.1. The highest BCUT2D eigenvalue weighted by atomic mass is 16.4. The lowest BCUT2D eigenvalue weighted by atomic mass is 9.87. The van der Waals surface area contributed by atoms with Crippen LogP contribution in [0, 0.1) is 5.41 Å². The molecule has 14 heteroatoms. The Bertz CT molecular complexity index is 1780. The van der Waals surface area contributed by atoms with Gasteiger partial charge in [-0.05, 0) is 41.8 Å². The first-order valence-electron chi connectivity index (χ1n) is 12.8. The minimum Gasteiger partial charge on any atom is -0.507 e. The molecule has 3 aromatic heterocycles. The molecule has 5 rings (SSSR count). The second-order valence-electron chi connectivity index (χ2n) is 10.9. The zero-order chi connectivity index (χ0) is 31.1. The van der Waals surface area contributed by atoms with Crippen molar-refractivity contribution in [2.75, 3.05) is 0 Å². The minimum absolute atomic E-state index is 0.138. The molecule has 3 heterocycles. The summed E-state index contributed by atoms with van der Waals surface area (Å²) in [5, 5.41) is 55.0. The number of Topliss-reactive ketones (excluding diaryl/α,β-unsaturated/α-hetero) is 1. The van der Waals surface area contributed by atoms with E-state index < -0.39 is 23.4 Å². The van der Waals surface area contributed by atoms with Gasteiger partial charge in [0, 0.05) is 24.1 Å². The summed E-state index contributed by atoms with van der Waals surface area (Å²) >= 11 is 0. The lowest BCUT2D eigenvalue weighted by molar-refractivity contribution is 0.0682. The summed E-state index contributed by atoms with van der Waals surface area (Å²) in [6.07, 6.45) is 3.28. The summed E-state index contributed by atoms with van der Waals surface area (Å²) in [5.41, 5.74) is 1.40. The molecule has 0 atom stereocenters. The van der Waals surface area contributed by atoms with E-state index in [2.05, 4.69) is 25.6 Å². The molecule has 0 saturated heterocycles. The van der Waals surface area contributed by atoms with Crippen LogP contribution in [0.15, 0.2) is 60.9 Å². The average Bonchev–Trinajstić information content (AvgIpc) is 3.62. The maximum atomic E-state index is 13.3. The number of hydrogen-bond donors (Lipinski definition) is 4. The van der Waals surface area contributed by atoms with Crippen LogP contribution in [0.4, 0.5) is 0 Å². The Morgan fingerprint density at radius 3 is 1.51 bits per heavy atom. The van der Waals surface area contributed by atoms with Crippen LogP contribution in [0.5, 0.6) is 11.5 Å². The van der Waals surface area contributed by atoms with Crippen molar-refractivity contribution in [3.8, 4) is 45.6 Å².